The summed E-state index contributed by atoms with van der Waals surface area (Å²) in [6.07, 6.45) is 3.47. The van der Waals surface area contributed by atoms with Gasteiger partial charge in [0.05, 0.1) is 47.1 Å². The molecule has 0 unspecified atom stereocenters. The zero-order valence-electron chi connectivity index (χ0n) is 42.2. The van der Waals surface area contributed by atoms with Gasteiger partial charge in [-0.05, 0) is 95.2 Å². The van der Waals surface area contributed by atoms with Crippen LogP contribution in [-0.4, -0.2) is 14.1 Å². The summed E-state index contributed by atoms with van der Waals surface area (Å²) in [5.74, 6) is 1.54. The van der Waals surface area contributed by atoms with Crippen molar-refractivity contribution in [2.75, 3.05) is 0 Å². The summed E-state index contributed by atoms with van der Waals surface area (Å²) in [4.78, 5) is 4.66. The topological polar surface area (TPSA) is 35.9 Å². The SMILES string of the molecule is [2H]c1c([2H])c([2H])c(-c2cccc(-c3c([2H])c([2H])c([2H])c([2H])c3[2H])c2-[n+]2[c-]n(-c3cccc(Oc4ccc5c6ccccc6n(-c6cc(C([2H])([2H])C)ccn6)c5c4)c3)c3cccc(C)c32)c([2H])c1[2H]. The highest BCUT2D eigenvalue weighted by atomic mass is 16.5. The molecule has 0 saturated carbocycles. The summed E-state index contributed by atoms with van der Waals surface area (Å²) in [6, 6.07) is 29.5. The molecule has 0 fully saturated rings. The van der Waals surface area contributed by atoms with Crippen molar-refractivity contribution >= 4 is 32.8 Å². The van der Waals surface area contributed by atoms with Gasteiger partial charge in [-0.25, -0.2) is 4.98 Å². The first-order valence-corrected chi connectivity index (χ1v) is 18.0. The average molecular weight is 735 g/mol. The Morgan fingerprint density at radius 3 is 2.12 bits per heavy atom. The fourth-order valence-electron chi connectivity index (χ4n) is 7.41. The van der Waals surface area contributed by atoms with Gasteiger partial charge in [0.1, 0.15) is 17.3 Å². The average Bonchev–Trinajstić information content (AvgIpc) is 3.88. The number of hydrogen-bond donors (Lipinski definition) is 0. The maximum Gasteiger partial charge on any atom is 0.269 e. The highest BCUT2D eigenvalue weighted by molar-refractivity contribution is 6.09. The van der Waals surface area contributed by atoms with E-state index < -0.39 is 66.8 Å². The Hall–Kier alpha value is -7.24. The lowest BCUT2D eigenvalue weighted by molar-refractivity contribution is -0.571. The normalized spacial score (nSPS) is 14.8. The zero-order chi connectivity index (χ0) is 48.1. The van der Waals surface area contributed by atoms with E-state index >= 15 is 0 Å². The second-order valence-electron chi connectivity index (χ2n) is 13.2. The molecule has 0 bridgehead atoms. The van der Waals surface area contributed by atoms with E-state index in [9.17, 15) is 0 Å². The molecule has 0 saturated heterocycles. The smallest absolute Gasteiger partial charge is 0.269 e. The molecule has 0 aliphatic rings. The third-order valence-electron chi connectivity index (χ3n) is 9.90. The fourth-order valence-corrected chi connectivity index (χ4v) is 7.41. The minimum absolute atomic E-state index is 0.142. The van der Waals surface area contributed by atoms with Crippen molar-refractivity contribution in [1.82, 2.24) is 14.1 Å². The van der Waals surface area contributed by atoms with Gasteiger partial charge in [0, 0.05) is 25.8 Å². The Morgan fingerprint density at radius 2 is 1.36 bits per heavy atom. The van der Waals surface area contributed by atoms with Crippen LogP contribution in [0.15, 0.2) is 182 Å². The number of pyridine rings is 1. The number of benzene rings is 7. The van der Waals surface area contributed by atoms with E-state index in [0.29, 0.717) is 39.6 Å². The molecule has 0 radical (unpaired) electrons. The predicted octanol–water partition coefficient (Wildman–Crippen LogP) is 12.2. The molecular formula is C51H38N4O. The molecule has 268 valence electrons. The minimum atomic E-state index is -1.59. The van der Waals surface area contributed by atoms with E-state index in [-0.39, 0.29) is 27.9 Å². The van der Waals surface area contributed by atoms with Crippen LogP contribution in [0.5, 0.6) is 11.5 Å². The Morgan fingerprint density at radius 1 is 0.679 bits per heavy atom. The molecule has 5 nitrogen and oxygen atoms in total. The number of aryl methyl sites for hydroxylation is 2. The lowest BCUT2D eigenvalue weighted by Gasteiger charge is -2.17. The Bertz CT molecular complexity index is 3600. The summed E-state index contributed by atoms with van der Waals surface area (Å²) in [5.41, 5.74) is 4.96. The Balaban J connectivity index is 1.16. The second kappa shape index (κ2) is 13.9. The standard InChI is InChI=1S/C51H38N4O/c1-3-36-29-30-52-49(31-36)55-46-25-11-10-22-44(46)45-28-27-41(33-48(45)55)56-40-21-13-20-39(32-40)53-34-54(50-35(2)15-12-26-47(50)53)51-42(37-16-6-4-7-17-37)23-14-24-43(51)38-18-8-5-9-19-38/h4-33H,3H2,1-2H3/i3D2,4D,5D,6D,7D,8D,9D,16D,17D,18D,19D. The number of hydrogen-bond acceptors (Lipinski definition) is 2. The van der Waals surface area contributed by atoms with E-state index in [1.807, 2.05) is 96.4 Å². The number of para-hydroxylation sites is 3. The first kappa shape index (κ1) is 22.9. The van der Waals surface area contributed by atoms with Crippen molar-refractivity contribution in [3.63, 3.8) is 0 Å². The van der Waals surface area contributed by atoms with Crippen LogP contribution in [0.25, 0.3) is 72.3 Å². The Kier molecular flexibility index (Phi) is 5.66. The lowest BCUT2D eigenvalue weighted by atomic mass is 9.95. The monoisotopic (exact) mass is 734 g/mol. The van der Waals surface area contributed by atoms with Crippen LogP contribution in [0.3, 0.4) is 0 Å². The number of ether oxygens (including phenoxy) is 1. The van der Waals surface area contributed by atoms with Gasteiger partial charge in [0.25, 0.3) is 6.33 Å². The Labute approximate surface area is 342 Å². The number of rotatable bonds is 8. The van der Waals surface area contributed by atoms with Gasteiger partial charge in [-0.2, -0.15) is 0 Å². The number of fused-ring (bicyclic) bond motifs is 4. The van der Waals surface area contributed by atoms with Gasteiger partial charge in [0.2, 0.25) is 0 Å². The highest BCUT2D eigenvalue weighted by Gasteiger charge is 2.21. The molecule has 56 heavy (non-hydrogen) atoms. The summed E-state index contributed by atoms with van der Waals surface area (Å²) in [7, 11) is 0. The van der Waals surface area contributed by atoms with Gasteiger partial charge >= 0.3 is 0 Å². The molecule has 3 aromatic heterocycles. The first-order valence-electron chi connectivity index (χ1n) is 24.0. The third kappa shape index (κ3) is 5.73. The van der Waals surface area contributed by atoms with Crippen LogP contribution in [0.4, 0.5) is 0 Å². The van der Waals surface area contributed by atoms with Gasteiger partial charge in [0.15, 0.2) is 0 Å². The van der Waals surface area contributed by atoms with Crippen LogP contribution >= 0.6 is 0 Å². The van der Waals surface area contributed by atoms with Crippen molar-refractivity contribution < 1.29 is 25.8 Å². The van der Waals surface area contributed by atoms with Crippen LogP contribution in [0.1, 0.15) is 34.5 Å². The largest absolute Gasteiger partial charge is 0.458 e. The van der Waals surface area contributed by atoms with Gasteiger partial charge in [-0.1, -0.05) is 128 Å². The summed E-state index contributed by atoms with van der Waals surface area (Å²) < 4.78 is 116. The van der Waals surface area contributed by atoms with E-state index in [4.69, 9.17) is 21.2 Å². The van der Waals surface area contributed by atoms with Crippen molar-refractivity contribution in [3.05, 3.63) is 199 Å². The highest BCUT2D eigenvalue weighted by Crippen LogP contribution is 2.37. The predicted molar refractivity (Wildman–Crippen MR) is 227 cm³/mol. The van der Waals surface area contributed by atoms with E-state index in [0.717, 1.165) is 27.4 Å². The lowest BCUT2D eigenvalue weighted by Crippen LogP contribution is -2.32. The van der Waals surface area contributed by atoms with Crippen LogP contribution in [0.2, 0.25) is 0 Å². The quantitative estimate of drug-likeness (QED) is 0.115. The van der Waals surface area contributed by atoms with Crippen molar-refractivity contribution in [2.24, 2.45) is 0 Å². The summed E-state index contributed by atoms with van der Waals surface area (Å²) >= 11 is 0. The molecule has 0 aliphatic carbocycles. The van der Waals surface area contributed by atoms with E-state index in [1.165, 1.54) is 6.92 Å². The maximum atomic E-state index is 9.02. The van der Waals surface area contributed by atoms with Gasteiger partial charge in [-0.3, -0.25) is 13.7 Å². The molecule has 0 N–H and O–H groups in total. The van der Waals surface area contributed by atoms with Crippen molar-refractivity contribution in [2.45, 2.75) is 20.2 Å². The van der Waals surface area contributed by atoms with Gasteiger partial charge < -0.3 is 4.74 Å². The minimum Gasteiger partial charge on any atom is -0.458 e. The molecule has 0 atom stereocenters. The molecule has 0 amide bonds. The number of aromatic nitrogens is 4. The number of nitrogens with zero attached hydrogens (tertiary/aromatic N) is 4. The van der Waals surface area contributed by atoms with Crippen LogP contribution in [-0.2, 0) is 6.37 Å². The fraction of sp³-hybridized carbons (Fsp3) is 0.0588. The van der Waals surface area contributed by atoms with Crippen molar-refractivity contribution in [3.8, 4) is 50.9 Å². The molecule has 0 spiro atoms. The summed E-state index contributed by atoms with van der Waals surface area (Å²) in [5, 5.41) is 1.94. The summed E-state index contributed by atoms with van der Waals surface area (Å²) in [6.45, 7) is 3.39. The number of imidazole rings is 1. The molecule has 10 aromatic rings. The van der Waals surface area contributed by atoms with E-state index in [1.54, 1.807) is 45.7 Å². The molecule has 0 aliphatic heterocycles. The maximum absolute atomic E-state index is 9.02. The van der Waals surface area contributed by atoms with Crippen LogP contribution < -0.4 is 9.30 Å². The molecule has 7 aromatic carbocycles. The van der Waals surface area contributed by atoms with Gasteiger partial charge in [-0.15, -0.1) is 0 Å². The van der Waals surface area contributed by atoms with Crippen molar-refractivity contribution in [1.29, 1.82) is 0 Å². The second-order valence-corrected chi connectivity index (χ2v) is 13.2. The molecule has 5 heteroatoms. The zero-order valence-corrected chi connectivity index (χ0v) is 30.2. The molecular weight excluding hydrogens is 685 g/mol. The third-order valence-corrected chi connectivity index (χ3v) is 9.90. The van der Waals surface area contributed by atoms with Crippen LogP contribution in [0, 0.1) is 13.3 Å². The molecule has 3 heterocycles. The molecule has 10 rings (SSSR count). The first-order chi connectivity index (χ1) is 32.5. The van der Waals surface area contributed by atoms with E-state index in [2.05, 4.69) is 11.3 Å².